The quantitative estimate of drug-likeness (QED) is 0.784. The Kier molecular flexibility index (Phi) is 6.82. The number of nitrogens with zero attached hydrogens (tertiary/aromatic N) is 1. The maximum Gasteiger partial charge on any atom is 0.251 e. The van der Waals surface area contributed by atoms with E-state index >= 15 is 0 Å². The van der Waals surface area contributed by atoms with Gasteiger partial charge in [-0.3, -0.25) is 4.79 Å². The van der Waals surface area contributed by atoms with Gasteiger partial charge in [0.05, 0.1) is 0 Å². The van der Waals surface area contributed by atoms with Crippen LogP contribution in [0.5, 0.6) is 0 Å². The predicted octanol–water partition coefficient (Wildman–Crippen LogP) is 3.04. The summed E-state index contributed by atoms with van der Waals surface area (Å²) in [6.07, 6.45) is 1.52. The van der Waals surface area contributed by atoms with Crippen LogP contribution in [0.4, 0.5) is 5.69 Å². The highest BCUT2D eigenvalue weighted by Crippen LogP contribution is 2.22. The molecule has 0 saturated heterocycles. The van der Waals surface area contributed by atoms with Crippen molar-refractivity contribution in [3.05, 3.63) is 65.7 Å². The molecule has 0 saturated carbocycles. The first-order valence-electron chi connectivity index (χ1n) is 8.33. The summed E-state index contributed by atoms with van der Waals surface area (Å²) in [4.78, 5) is 14.2. The summed E-state index contributed by atoms with van der Waals surface area (Å²) in [5, 5.41) is 12.2. The van der Waals surface area contributed by atoms with E-state index in [1.165, 1.54) is 5.56 Å². The van der Waals surface area contributed by atoms with Crippen LogP contribution in [-0.2, 0) is 0 Å². The number of hydrogen-bond acceptors (Lipinski definition) is 3. The van der Waals surface area contributed by atoms with E-state index in [9.17, 15) is 9.90 Å². The van der Waals surface area contributed by atoms with E-state index in [0.717, 1.165) is 12.1 Å². The minimum Gasteiger partial charge on any atom is -0.396 e. The normalized spacial score (nSPS) is 11.8. The minimum absolute atomic E-state index is 0.0592. The van der Waals surface area contributed by atoms with Gasteiger partial charge in [0.25, 0.3) is 5.91 Å². The van der Waals surface area contributed by atoms with Crippen molar-refractivity contribution in [2.75, 3.05) is 32.1 Å². The maximum atomic E-state index is 12.2. The van der Waals surface area contributed by atoms with Gasteiger partial charge < -0.3 is 15.3 Å². The molecule has 2 aromatic carbocycles. The second-order valence-electron chi connectivity index (χ2n) is 6.11. The van der Waals surface area contributed by atoms with Gasteiger partial charge in [-0.05, 0) is 48.6 Å². The Labute approximate surface area is 144 Å². The highest BCUT2D eigenvalue weighted by atomic mass is 16.3. The third-order valence-electron chi connectivity index (χ3n) is 4.17. The molecule has 1 unspecified atom stereocenters. The fourth-order valence-electron chi connectivity index (χ4n) is 2.73. The third-order valence-corrected chi connectivity index (χ3v) is 4.17. The van der Waals surface area contributed by atoms with Crippen LogP contribution in [0.25, 0.3) is 0 Å². The number of aliphatic hydroxyl groups excluding tert-OH is 1. The zero-order valence-electron chi connectivity index (χ0n) is 14.4. The average Bonchev–Trinajstić information content (AvgIpc) is 2.61. The van der Waals surface area contributed by atoms with Gasteiger partial charge in [-0.2, -0.15) is 0 Å². The van der Waals surface area contributed by atoms with Crippen molar-refractivity contribution in [2.24, 2.45) is 0 Å². The van der Waals surface area contributed by atoms with Gasteiger partial charge in [-0.1, -0.05) is 30.3 Å². The van der Waals surface area contributed by atoms with Crippen molar-refractivity contribution in [1.29, 1.82) is 0 Å². The first-order chi connectivity index (χ1) is 11.6. The molecule has 1 atom stereocenters. The fourth-order valence-corrected chi connectivity index (χ4v) is 2.73. The van der Waals surface area contributed by atoms with Crippen molar-refractivity contribution in [3.8, 4) is 0 Å². The zero-order chi connectivity index (χ0) is 17.4. The SMILES string of the molecule is CN(C)c1ccc(C(=O)NCCC(CCO)c2ccccc2)cc1. The second kappa shape index (κ2) is 9.08. The number of benzene rings is 2. The average molecular weight is 326 g/mol. The summed E-state index contributed by atoms with van der Waals surface area (Å²) < 4.78 is 0. The predicted molar refractivity (Wildman–Crippen MR) is 98.6 cm³/mol. The molecule has 2 N–H and O–H groups in total. The Morgan fingerprint density at radius 2 is 1.71 bits per heavy atom. The smallest absolute Gasteiger partial charge is 0.251 e. The van der Waals surface area contributed by atoms with Crippen LogP contribution in [0.15, 0.2) is 54.6 Å². The molecule has 0 aliphatic heterocycles. The molecule has 0 bridgehead atoms. The van der Waals surface area contributed by atoms with Crippen LogP contribution in [-0.4, -0.2) is 38.3 Å². The van der Waals surface area contributed by atoms with Crippen molar-refractivity contribution < 1.29 is 9.90 Å². The van der Waals surface area contributed by atoms with E-state index in [-0.39, 0.29) is 18.4 Å². The lowest BCUT2D eigenvalue weighted by atomic mass is 9.93. The van der Waals surface area contributed by atoms with Crippen LogP contribution in [0.1, 0.15) is 34.7 Å². The first kappa shape index (κ1) is 18.0. The number of rotatable bonds is 8. The molecule has 24 heavy (non-hydrogen) atoms. The molecular formula is C20H26N2O2. The van der Waals surface area contributed by atoms with Gasteiger partial charge in [0, 0.05) is 38.5 Å². The zero-order valence-corrected chi connectivity index (χ0v) is 14.4. The molecule has 0 radical (unpaired) electrons. The Hall–Kier alpha value is -2.33. The van der Waals surface area contributed by atoms with E-state index in [1.807, 2.05) is 61.5 Å². The van der Waals surface area contributed by atoms with Crippen molar-refractivity contribution in [3.63, 3.8) is 0 Å². The Balaban J connectivity index is 1.88. The van der Waals surface area contributed by atoms with Crippen molar-refractivity contribution in [2.45, 2.75) is 18.8 Å². The third kappa shape index (κ3) is 5.10. The molecule has 0 heterocycles. The number of anilines is 1. The molecule has 128 valence electrons. The lowest BCUT2D eigenvalue weighted by molar-refractivity contribution is 0.0952. The molecule has 0 aliphatic carbocycles. The number of carbonyl (C=O) groups is 1. The second-order valence-corrected chi connectivity index (χ2v) is 6.11. The molecule has 1 amide bonds. The molecule has 0 aromatic heterocycles. The monoisotopic (exact) mass is 326 g/mol. The molecule has 2 aromatic rings. The number of amides is 1. The van der Waals surface area contributed by atoms with Gasteiger partial charge in [0.1, 0.15) is 0 Å². The molecule has 4 heteroatoms. The molecule has 0 fully saturated rings. The van der Waals surface area contributed by atoms with E-state index in [2.05, 4.69) is 17.4 Å². The van der Waals surface area contributed by atoms with Crippen molar-refractivity contribution in [1.82, 2.24) is 5.32 Å². The summed E-state index contributed by atoms with van der Waals surface area (Å²) >= 11 is 0. The van der Waals surface area contributed by atoms with Crippen LogP contribution in [0, 0.1) is 0 Å². The number of aliphatic hydroxyl groups is 1. The van der Waals surface area contributed by atoms with E-state index < -0.39 is 0 Å². The van der Waals surface area contributed by atoms with Gasteiger partial charge in [-0.25, -0.2) is 0 Å². The van der Waals surface area contributed by atoms with E-state index in [0.29, 0.717) is 18.5 Å². The van der Waals surface area contributed by atoms with Crippen LogP contribution >= 0.6 is 0 Å². The number of hydrogen-bond donors (Lipinski definition) is 2. The number of nitrogens with one attached hydrogen (secondary N) is 1. The van der Waals surface area contributed by atoms with E-state index in [1.54, 1.807) is 0 Å². The van der Waals surface area contributed by atoms with Crippen molar-refractivity contribution >= 4 is 11.6 Å². The lowest BCUT2D eigenvalue weighted by Crippen LogP contribution is -2.26. The van der Waals surface area contributed by atoms with Gasteiger partial charge in [-0.15, -0.1) is 0 Å². The standard InChI is InChI=1S/C20H26N2O2/c1-22(2)19-10-8-18(9-11-19)20(24)21-14-12-17(13-15-23)16-6-4-3-5-7-16/h3-11,17,23H,12-15H2,1-2H3,(H,21,24). The largest absolute Gasteiger partial charge is 0.396 e. The van der Waals surface area contributed by atoms with Crippen LogP contribution in [0.2, 0.25) is 0 Å². The molecule has 2 rings (SSSR count). The molecule has 4 nitrogen and oxygen atoms in total. The van der Waals surface area contributed by atoms with Crippen LogP contribution in [0.3, 0.4) is 0 Å². The Morgan fingerprint density at radius 3 is 2.29 bits per heavy atom. The topological polar surface area (TPSA) is 52.6 Å². The fraction of sp³-hybridized carbons (Fsp3) is 0.350. The van der Waals surface area contributed by atoms with Gasteiger partial charge >= 0.3 is 0 Å². The Bertz CT molecular complexity index is 624. The molecule has 0 aliphatic rings. The highest BCUT2D eigenvalue weighted by molar-refractivity contribution is 5.94. The minimum atomic E-state index is -0.0592. The summed E-state index contributed by atoms with van der Waals surface area (Å²) in [5.41, 5.74) is 2.94. The van der Waals surface area contributed by atoms with Crippen LogP contribution < -0.4 is 10.2 Å². The molecular weight excluding hydrogens is 300 g/mol. The summed E-state index contributed by atoms with van der Waals surface area (Å²) in [6, 6.07) is 17.7. The highest BCUT2D eigenvalue weighted by Gasteiger charge is 2.12. The van der Waals surface area contributed by atoms with E-state index in [4.69, 9.17) is 0 Å². The summed E-state index contributed by atoms with van der Waals surface area (Å²) in [7, 11) is 3.94. The lowest BCUT2D eigenvalue weighted by Gasteiger charge is -2.17. The van der Waals surface area contributed by atoms with Gasteiger partial charge in [0.15, 0.2) is 0 Å². The summed E-state index contributed by atoms with van der Waals surface area (Å²) in [6.45, 7) is 0.743. The van der Waals surface area contributed by atoms with Gasteiger partial charge in [0.2, 0.25) is 0 Å². The summed E-state index contributed by atoms with van der Waals surface area (Å²) in [5.74, 6) is 0.198. The first-order valence-corrected chi connectivity index (χ1v) is 8.33. The Morgan fingerprint density at radius 1 is 1.04 bits per heavy atom. The number of carbonyl (C=O) groups excluding carboxylic acids is 1. The maximum absolute atomic E-state index is 12.2. The molecule has 0 spiro atoms.